The molecule has 9 heteroatoms. The van der Waals surface area contributed by atoms with Crippen LogP contribution >= 0.6 is 0 Å². The molecular weight excluding hydrogens is 456 g/mol. The largest absolute Gasteiger partial charge is 0.498 e. The number of para-hydroxylation sites is 2. The van der Waals surface area contributed by atoms with Crippen LogP contribution < -0.4 is 10.6 Å². The lowest BCUT2D eigenvalue weighted by atomic mass is 10.1. The summed E-state index contributed by atoms with van der Waals surface area (Å²) in [5.41, 5.74) is 2.12. The average molecular weight is 485 g/mol. The van der Waals surface area contributed by atoms with Crippen molar-refractivity contribution in [2.75, 3.05) is 29.6 Å². The summed E-state index contributed by atoms with van der Waals surface area (Å²) < 4.78 is 34.1. The minimum absolute atomic E-state index is 0.0524. The number of amides is 2. The van der Waals surface area contributed by atoms with Gasteiger partial charge in [-0.3, -0.25) is 9.59 Å². The summed E-state index contributed by atoms with van der Waals surface area (Å²) in [6, 6.07) is 18.1. The van der Waals surface area contributed by atoms with Crippen LogP contribution in [0.15, 0.2) is 82.7 Å². The van der Waals surface area contributed by atoms with Crippen molar-refractivity contribution < 1.29 is 27.5 Å². The molecule has 0 saturated heterocycles. The molecule has 34 heavy (non-hydrogen) atoms. The van der Waals surface area contributed by atoms with E-state index in [2.05, 4.69) is 10.6 Å². The highest BCUT2D eigenvalue weighted by Crippen LogP contribution is 2.22. The van der Waals surface area contributed by atoms with Crippen LogP contribution in [-0.4, -0.2) is 39.2 Å². The molecule has 0 spiro atoms. The molecule has 2 aromatic rings. The van der Waals surface area contributed by atoms with Crippen molar-refractivity contribution in [3.05, 3.63) is 82.7 Å². The Morgan fingerprint density at radius 3 is 1.82 bits per heavy atom. The van der Waals surface area contributed by atoms with E-state index in [9.17, 15) is 18.0 Å². The first-order valence-corrected chi connectivity index (χ1v) is 12.5. The molecule has 0 aromatic heterocycles. The van der Waals surface area contributed by atoms with E-state index in [-0.39, 0.29) is 28.9 Å². The van der Waals surface area contributed by atoms with Gasteiger partial charge >= 0.3 is 0 Å². The first-order chi connectivity index (χ1) is 16.3. The second-order valence-corrected chi connectivity index (χ2v) is 9.73. The molecule has 2 N–H and O–H groups in total. The standard InChI is InChI=1S/C13H15NO2.C12H13NO4S/c1-10-12(8-5-9-16-10)13(15)14-11-6-3-2-4-7-11;1-9-11(18(15,16)8-7-17-9)12(14)13-10-5-3-2-4-6-10/h2-4,6-7H,5,8-9H2,1H3,(H,14,15);2-6H,7-8H2,1H3,(H,13,14). The summed E-state index contributed by atoms with van der Waals surface area (Å²) in [4.78, 5) is 23.6. The van der Waals surface area contributed by atoms with E-state index in [0.29, 0.717) is 12.3 Å². The summed E-state index contributed by atoms with van der Waals surface area (Å²) >= 11 is 0. The zero-order chi connectivity index (χ0) is 24.6. The lowest BCUT2D eigenvalue weighted by molar-refractivity contribution is -0.114. The van der Waals surface area contributed by atoms with Gasteiger partial charge in [0.25, 0.3) is 11.8 Å². The second kappa shape index (κ2) is 11.5. The fourth-order valence-electron chi connectivity index (χ4n) is 3.44. The molecule has 2 aliphatic rings. The van der Waals surface area contributed by atoms with E-state index in [1.807, 2.05) is 37.3 Å². The Morgan fingerprint density at radius 1 is 0.765 bits per heavy atom. The Balaban J connectivity index is 0.000000192. The van der Waals surface area contributed by atoms with Gasteiger partial charge in [-0.15, -0.1) is 0 Å². The van der Waals surface area contributed by atoms with Gasteiger partial charge in [0.2, 0.25) is 0 Å². The monoisotopic (exact) mass is 484 g/mol. The maximum atomic E-state index is 12.0. The van der Waals surface area contributed by atoms with Crippen LogP contribution in [0.3, 0.4) is 0 Å². The molecule has 0 atom stereocenters. The topological polar surface area (TPSA) is 111 Å². The summed E-state index contributed by atoms with van der Waals surface area (Å²) in [5.74, 6) is 0.0261. The molecule has 4 rings (SSSR count). The summed E-state index contributed by atoms with van der Waals surface area (Å²) in [6.45, 7) is 4.14. The van der Waals surface area contributed by atoms with E-state index in [0.717, 1.165) is 29.9 Å². The minimum Gasteiger partial charge on any atom is -0.498 e. The molecule has 2 aliphatic heterocycles. The van der Waals surface area contributed by atoms with Crippen LogP contribution in [-0.2, 0) is 28.9 Å². The molecule has 0 radical (unpaired) electrons. The van der Waals surface area contributed by atoms with Gasteiger partial charge in [-0.05, 0) is 51.0 Å². The van der Waals surface area contributed by atoms with E-state index >= 15 is 0 Å². The van der Waals surface area contributed by atoms with Crippen LogP contribution in [0.2, 0.25) is 0 Å². The van der Waals surface area contributed by atoms with E-state index in [4.69, 9.17) is 9.47 Å². The molecule has 0 saturated carbocycles. The predicted molar refractivity (Wildman–Crippen MR) is 130 cm³/mol. The van der Waals surface area contributed by atoms with E-state index in [1.165, 1.54) is 6.92 Å². The second-order valence-electron chi connectivity index (χ2n) is 7.68. The molecule has 2 amide bonds. The maximum Gasteiger partial charge on any atom is 0.270 e. The maximum absolute atomic E-state index is 12.0. The third-order valence-corrected chi connectivity index (χ3v) is 6.96. The van der Waals surface area contributed by atoms with Crippen molar-refractivity contribution in [3.8, 4) is 0 Å². The number of ether oxygens (including phenoxy) is 2. The Kier molecular flexibility index (Phi) is 8.48. The number of nitrogens with one attached hydrogen (secondary N) is 2. The minimum atomic E-state index is -3.55. The van der Waals surface area contributed by atoms with Crippen LogP contribution in [0.1, 0.15) is 26.7 Å². The summed E-state index contributed by atoms with van der Waals surface area (Å²) in [7, 11) is -3.55. The molecule has 2 heterocycles. The molecular formula is C25H28N2O6S. The molecule has 8 nitrogen and oxygen atoms in total. The van der Waals surface area contributed by atoms with Crippen LogP contribution in [0.5, 0.6) is 0 Å². The van der Waals surface area contributed by atoms with Crippen LogP contribution in [0.25, 0.3) is 0 Å². The zero-order valence-electron chi connectivity index (χ0n) is 19.2. The smallest absolute Gasteiger partial charge is 0.270 e. The number of allylic oxidation sites excluding steroid dienone is 2. The molecule has 0 fully saturated rings. The molecule has 0 unspecified atom stereocenters. The lowest BCUT2D eigenvalue weighted by Gasteiger charge is -2.18. The SMILES string of the molecule is CC1=C(C(=O)Nc2ccccc2)CCCO1.CC1=C(C(=O)Nc2ccccc2)S(=O)(=O)CCO1. The predicted octanol–water partition coefficient (Wildman–Crippen LogP) is 4.01. The zero-order valence-corrected chi connectivity index (χ0v) is 20.0. The normalized spacial score (nSPS) is 16.9. The number of benzene rings is 2. The fourth-order valence-corrected chi connectivity index (χ4v) is 4.78. The van der Waals surface area contributed by atoms with Crippen molar-refractivity contribution in [1.29, 1.82) is 0 Å². The van der Waals surface area contributed by atoms with Gasteiger partial charge in [-0.2, -0.15) is 0 Å². The highest BCUT2D eigenvalue weighted by molar-refractivity contribution is 7.96. The third-order valence-electron chi connectivity index (χ3n) is 5.16. The molecule has 0 bridgehead atoms. The Labute approximate surface area is 199 Å². The van der Waals surface area contributed by atoms with Crippen molar-refractivity contribution >= 4 is 33.0 Å². The molecule has 180 valence electrons. The average Bonchev–Trinajstić information content (AvgIpc) is 2.80. The number of hydrogen-bond donors (Lipinski definition) is 2. The summed E-state index contributed by atoms with van der Waals surface area (Å²) in [6.07, 6.45) is 1.71. The molecule has 0 aliphatic carbocycles. The highest BCUT2D eigenvalue weighted by Gasteiger charge is 2.32. The lowest BCUT2D eigenvalue weighted by Crippen LogP contribution is -2.29. The number of rotatable bonds is 4. The van der Waals surface area contributed by atoms with Gasteiger partial charge in [-0.25, -0.2) is 8.42 Å². The number of carbonyl (C=O) groups excluding carboxylic acids is 2. The number of anilines is 2. The van der Waals surface area contributed by atoms with Gasteiger partial charge in [-0.1, -0.05) is 36.4 Å². The van der Waals surface area contributed by atoms with Crippen molar-refractivity contribution in [2.45, 2.75) is 26.7 Å². The first kappa shape index (κ1) is 25.0. The Hall–Kier alpha value is -3.59. The van der Waals surface area contributed by atoms with Crippen molar-refractivity contribution in [2.24, 2.45) is 0 Å². The van der Waals surface area contributed by atoms with Crippen molar-refractivity contribution in [3.63, 3.8) is 0 Å². The third kappa shape index (κ3) is 6.71. The van der Waals surface area contributed by atoms with Gasteiger partial charge in [0, 0.05) is 11.4 Å². The summed E-state index contributed by atoms with van der Waals surface area (Å²) in [5, 5.41) is 5.41. The highest BCUT2D eigenvalue weighted by atomic mass is 32.2. The number of hydrogen-bond acceptors (Lipinski definition) is 6. The van der Waals surface area contributed by atoms with Crippen molar-refractivity contribution in [1.82, 2.24) is 0 Å². The van der Waals surface area contributed by atoms with Gasteiger partial charge < -0.3 is 20.1 Å². The number of carbonyl (C=O) groups is 2. The van der Waals surface area contributed by atoms with E-state index < -0.39 is 15.7 Å². The van der Waals surface area contributed by atoms with Crippen LogP contribution in [0, 0.1) is 0 Å². The van der Waals surface area contributed by atoms with Gasteiger partial charge in [0.15, 0.2) is 14.7 Å². The Morgan fingerprint density at radius 2 is 1.29 bits per heavy atom. The quantitative estimate of drug-likeness (QED) is 0.678. The Bertz CT molecular complexity index is 1190. The van der Waals surface area contributed by atoms with E-state index in [1.54, 1.807) is 30.3 Å². The fraction of sp³-hybridized carbons (Fsp3) is 0.280. The van der Waals surface area contributed by atoms with Gasteiger partial charge in [0.1, 0.15) is 18.1 Å². The van der Waals surface area contributed by atoms with Crippen LogP contribution in [0.4, 0.5) is 11.4 Å². The van der Waals surface area contributed by atoms with Gasteiger partial charge in [0.05, 0.1) is 17.9 Å². The number of sulfone groups is 1. The first-order valence-electron chi connectivity index (χ1n) is 10.9. The molecule has 2 aromatic carbocycles.